The minimum absolute atomic E-state index is 0.661. The van der Waals surface area contributed by atoms with Crippen LogP contribution in [0.4, 0.5) is 5.82 Å². The average molecular weight is 291 g/mol. The van der Waals surface area contributed by atoms with Crippen molar-refractivity contribution >= 4 is 5.82 Å². The number of likely N-dealkylation sites (N-methyl/N-ethyl adjacent to an activating group) is 1. The molecule has 0 aromatic carbocycles. The number of aromatic nitrogens is 2. The highest BCUT2D eigenvalue weighted by Crippen LogP contribution is 2.10. The zero-order chi connectivity index (χ0) is 15.1. The van der Waals surface area contributed by atoms with Gasteiger partial charge in [0.25, 0.3) is 0 Å². The Balaban J connectivity index is 1.74. The van der Waals surface area contributed by atoms with Gasteiger partial charge >= 0.3 is 0 Å². The summed E-state index contributed by atoms with van der Waals surface area (Å²) in [6.45, 7) is 10.9. The Bertz CT molecular complexity index is 398. The lowest BCUT2D eigenvalue weighted by molar-refractivity contribution is 0.346. The molecule has 21 heavy (non-hydrogen) atoms. The first-order valence-corrected chi connectivity index (χ1v) is 8.10. The number of hydrogen-bond acceptors (Lipinski definition) is 5. The second kappa shape index (κ2) is 8.29. The van der Waals surface area contributed by atoms with Crippen LogP contribution in [-0.4, -0.2) is 54.6 Å². The smallest absolute Gasteiger partial charge is 0.146 e. The summed E-state index contributed by atoms with van der Waals surface area (Å²) in [5.74, 6) is 1.62. The highest BCUT2D eigenvalue weighted by Gasteiger charge is 2.12. The summed E-state index contributed by atoms with van der Waals surface area (Å²) in [5.41, 5.74) is 1.01. The third-order valence-electron chi connectivity index (χ3n) is 3.89. The van der Waals surface area contributed by atoms with Crippen molar-refractivity contribution in [1.82, 2.24) is 20.2 Å². The first-order chi connectivity index (χ1) is 10.1. The van der Waals surface area contributed by atoms with Gasteiger partial charge in [0.2, 0.25) is 0 Å². The fourth-order valence-electron chi connectivity index (χ4n) is 2.54. The van der Waals surface area contributed by atoms with Gasteiger partial charge in [-0.15, -0.1) is 0 Å². The highest BCUT2D eigenvalue weighted by molar-refractivity contribution is 5.34. The molecule has 1 aromatic heterocycles. The van der Waals surface area contributed by atoms with Crippen LogP contribution in [0.25, 0.3) is 0 Å². The normalized spacial score (nSPS) is 15.8. The van der Waals surface area contributed by atoms with E-state index in [1.807, 2.05) is 12.4 Å². The maximum Gasteiger partial charge on any atom is 0.146 e. The summed E-state index contributed by atoms with van der Waals surface area (Å²) in [4.78, 5) is 13.7. The average Bonchev–Trinajstić information content (AvgIpc) is 2.98. The Labute approximate surface area is 128 Å². The van der Waals surface area contributed by atoms with Gasteiger partial charge in [-0.1, -0.05) is 13.8 Å². The van der Waals surface area contributed by atoms with E-state index < -0.39 is 0 Å². The monoisotopic (exact) mass is 291 g/mol. The Morgan fingerprint density at radius 3 is 2.62 bits per heavy atom. The molecule has 1 fully saturated rings. The summed E-state index contributed by atoms with van der Waals surface area (Å²) in [7, 11) is 2.09. The standard InChI is InChI=1S/C16H29N5/c1-14(2)10-17-11-15-12-19-16(13-18-15)20(3)8-9-21-6-4-5-7-21/h12-14,17H,4-11H2,1-3H3. The first-order valence-electron chi connectivity index (χ1n) is 8.10. The number of hydrogen-bond donors (Lipinski definition) is 1. The van der Waals surface area contributed by atoms with Gasteiger partial charge in [0, 0.05) is 26.7 Å². The van der Waals surface area contributed by atoms with E-state index in [1.165, 1.54) is 25.9 Å². The quantitative estimate of drug-likeness (QED) is 0.790. The minimum atomic E-state index is 0.661. The fraction of sp³-hybridized carbons (Fsp3) is 0.750. The van der Waals surface area contributed by atoms with E-state index in [0.29, 0.717) is 5.92 Å². The molecular formula is C16H29N5. The first kappa shape index (κ1) is 16.2. The Hall–Kier alpha value is -1.20. The largest absolute Gasteiger partial charge is 0.357 e. The maximum atomic E-state index is 4.53. The van der Waals surface area contributed by atoms with Gasteiger partial charge in [-0.3, -0.25) is 4.98 Å². The third-order valence-corrected chi connectivity index (χ3v) is 3.89. The lowest BCUT2D eigenvalue weighted by Crippen LogP contribution is -2.31. The van der Waals surface area contributed by atoms with E-state index >= 15 is 0 Å². The van der Waals surface area contributed by atoms with Crippen molar-refractivity contribution in [3.63, 3.8) is 0 Å². The van der Waals surface area contributed by atoms with Crippen LogP contribution in [0.15, 0.2) is 12.4 Å². The number of rotatable bonds is 8. The van der Waals surface area contributed by atoms with Crippen molar-refractivity contribution in [2.75, 3.05) is 44.7 Å². The van der Waals surface area contributed by atoms with Crippen molar-refractivity contribution in [3.05, 3.63) is 18.1 Å². The molecule has 0 unspecified atom stereocenters. The molecule has 0 spiro atoms. The van der Waals surface area contributed by atoms with Crippen molar-refractivity contribution < 1.29 is 0 Å². The topological polar surface area (TPSA) is 44.3 Å². The van der Waals surface area contributed by atoms with E-state index in [4.69, 9.17) is 0 Å². The molecule has 118 valence electrons. The Morgan fingerprint density at radius 2 is 2.00 bits per heavy atom. The van der Waals surface area contributed by atoms with E-state index in [2.05, 4.69) is 46.0 Å². The molecule has 0 radical (unpaired) electrons. The van der Waals surface area contributed by atoms with Gasteiger partial charge in [0.1, 0.15) is 5.82 Å². The second-order valence-electron chi connectivity index (χ2n) is 6.36. The molecule has 2 heterocycles. The Morgan fingerprint density at radius 1 is 1.24 bits per heavy atom. The molecule has 2 rings (SSSR count). The van der Waals surface area contributed by atoms with Crippen LogP contribution in [0.3, 0.4) is 0 Å². The molecule has 5 heteroatoms. The van der Waals surface area contributed by atoms with Crippen LogP contribution in [0.2, 0.25) is 0 Å². The van der Waals surface area contributed by atoms with Gasteiger partial charge in [-0.05, 0) is 38.4 Å². The SMILES string of the molecule is CC(C)CNCc1cnc(N(C)CCN2CCCC2)cn1. The molecule has 0 bridgehead atoms. The summed E-state index contributed by atoms with van der Waals surface area (Å²) < 4.78 is 0. The van der Waals surface area contributed by atoms with Crippen LogP contribution in [-0.2, 0) is 6.54 Å². The van der Waals surface area contributed by atoms with Gasteiger partial charge in [0.05, 0.1) is 18.1 Å². The van der Waals surface area contributed by atoms with Crippen molar-refractivity contribution in [2.45, 2.75) is 33.2 Å². The van der Waals surface area contributed by atoms with Gasteiger partial charge in [-0.2, -0.15) is 0 Å². The molecule has 0 aliphatic carbocycles. The predicted molar refractivity (Wildman–Crippen MR) is 87.5 cm³/mol. The third kappa shape index (κ3) is 5.59. The zero-order valence-electron chi connectivity index (χ0n) is 13.7. The van der Waals surface area contributed by atoms with Crippen LogP contribution in [0.1, 0.15) is 32.4 Å². The maximum absolute atomic E-state index is 4.53. The van der Waals surface area contributed by atoms with Gasteiger partial charge in [-0.25, -0.2) is 4.98 Å². The summed E-state index contributed by atoms with van der Waals surface area (Å²) in [6.07, 6.45) is 6.47. The molecule has 0 amide bonds. The minimum Gasteiger partial charge on any atom is -0.357 e. The van der Waals surface area contributed by atoms with Gasteiger partial charge < -0.3 is 15.1 Å². The fourth-order valence-corrected chi connectivity index (χ4v) is 2.54. The van der Waals surface area contributed by atoms with E-state index in [0.717, 1.165) is 37.7 Å². The molecule has 1 saturated heterocycles. The molecule has 1 aliphatic rings. The summed E-state index contributed by atoms with van der Waals surface area (Å²) >= 11 is 0. The zero-order valence-corrected chi connectivity index (χ0v) is 13.7. The van der Waals surface area contributed by atoms with Crippen LogP contribution in [0, 0.1) is 5.92 Å². The van der Waals surface area contributed by atoms with E-state index in [9.17, 15) is 0 Å². The highest BCUT2D eigenvalue weighted by atomic mass is 15.2. The predicted octanol–water partition coefficient (Wildman–Crippen LogP) is 1.75. The molecular weight excluding hydrogens is 262 g/mol. The summed E-state index contributed by atoms with van der Waals surface area (Å²) in [6, 6.07) is 0. The van der Waals surface area contributed by atoms with Crippen molar-refractivity contribution in [3.8, 4) is 0 Å². The molecule has 5 nitrogen and oxygen atoms in total. The van der Waals surface area contributed by atoms with Crippen LogP contribution >= 0.6 is 0 Å². The van der Waals surface area contributed by atoms with Crippen LogP contribution < -0.4 is 10.2 Å². The summed E-state index contributed by atoms with van der Waals surface area (Å²) in [5, 5.41) is 3.39. The van der Waals surface area contributed by atoms with Gasteiger partial charge in [0.15, 0.2) is 0 Å². The Kier molecular flexibility index (Phi) is 6.39. The lowest BCUT2D eigenvalue weighted by atomic mass is 10.2. The van der Waals surface area contributed by atoms with E-state index in [1.54, 1.807) is 0 Å². The lowest BCUT2D eigenvalue weighted by Gasteiger charge is -2.22. The number of likely N-dealkylation sites (tertiary alicyclic amines) is 1. The van der Waals surface area contributed by atoms with Crippen molar-refractivity contribution in [1.29, 1.82) is 0 Å². The van der Waals surface area contributed by atoms with Crippen LogP contribution in [0.5, 0.6) is 0 Å². The molecule has 0 atom stereocenters. The van der Waals surface area contributed by atoms with Crippen molar-refractivity contribution in [2.24, 2.45) is 5.92 Å². The number of nitrogens with one attached hydrogen (secondary N) is 1. The number of nitrogens with zero attached hydrogens (tertiary/aromatic N) is 4. The molecule has 1 aromatic rings. The molecule has 1 aliphatic heterocycles. The second-order valence-corrected chi connectivity index (χ2v) is 6.36. The molecule has 0 saturated carbocycles. The van der Waals surface area contributed by atoms with E-state index in [-0.39, 0.29) is 0 Å². The number of anilines is 1. The molecule has 1 N–H and O–H groups in total.